The van der Waals surface area contributed by atoms with Gasteiger partial charge in [-0.2, -0.15) is 22.6 Å². The van der Waals surface area contributed by atoms with E-state index in [1.165, 1.54) is 28.4 Å². The van der Waals surface area contributed by atoms with Crippen molar-refractivity contribution in [2.75, 3.05) is 57.8 Å². The molecule has 2 aromatic rings. The maximum atomic E-state index is 14.1. The van der Waals surface area contributed by atoms with E-state index in [1.54, 1.807) is 10.7 Å². The molecule has 0 aliphatic carbocycles. The molecule has 1 atom stereocenters. The lowest BCUT2D eigenvalue weighted by molar-refractivity contribution is -0.139. The maximum Gasteiger partial charge on any atom is 0.417 e. The second-order valence-electron chi connectivity index (χ2n) is 13.0. The van der Waals surface area contributed by atoms with Gasteiger partial charge in [0.05, 0.1) is 30.2 Å². The van der Waals surface area contributed by atoms with Crippen molar-refractivity contribution < 1.29 is 26.7 Å². The number of likely N-dealkylation sites (tertiary alicyclic amines) is 2. The van der Waals surface area contributed by atoms with Crippen LogP contribution in [0.2, 0.25) is 0 Å². The van der Waals surface area contributed by atoms with Gasteiger partial charge in [-0.25, -0.2) is 8.42 Å². The molecule has 0 spiro atoms. The van der Waals surface area contributed by atoms with Gasteiger partial charge in [0, 0.05) is 60.1 Å². The first kappa shape index (κ1) is 33.7. The fourth-order valence-corrected chi connectivity index (χ4v) is 8.43. The number of fused-ring (bicyclic) bond motifs is 1. The number of hydrogen-bond acceptors (Lipinski definition) is 7. The van der Waals surface area contributed by atoms with Crippen molar-refractivity contribution in [2.24, 2.45) is 11.8 Å². The summed E-state index contributed by atoms with van der Waals surface area (Å²) in [6.07, 6.45) is 0.827. The number of aliphatic hydroxyl groups excluding tert-OH is 1. The van der Waals surface area contributed by atoms with Crippen molar-refractivity contribution in [1.82, 2.24) is 23.9 Å². The molecular weight excluding hydrogens is 612 g/mol. The molecule has 2 fully saturated rings. The minimum atomic E-state index is -4.50. The highest BCUT2D eigenvalue weighted by Gasteiger charge is 2.35. The first-order valence-electron chi connectivity index (χ1n) is 15.8. The van der Waals surface area contributed by atoms with Gasteiger partial charge >= 0.3 is 6.18 Å². The highest BCUT2D eigenvalue weighted by Crippen LogP contribution is 2.40. The third-order valence-electron chi connectivity index (χ3n) is 9.40. The van der Waals surface area contributed by atoms with Gasteiger partial charge in [-0.3, -0.25) is 4.68 Å². The fourth-order valence-electron chi connectivity index (χ4n) is 6.53. The van der Waals surface area contributed by atoms with Crippen molar-refractivity contribution >= 4 is 21.8 Å². The molecule has 1 aromatic heterocycles. The van der Waals surface area contributed by atoms with E-state index in [9.17, 15) is 26.7 Å². The van der Waals surface area contributed by atoms with Crippen LogP contribution in [0.5, 0.6) is 0 Å². The summed E-state index contributed by atoms with van der Waals surface area (Å²) in [6, 6.07) is 4.12. The molecule has 3 aliphatic rings. The molecule has 4 heterocycles. The van der Waals surface area contributed by atoms with Gasteiger partial charge in [0.25, 0.3) is 0 Å². The van der Waals surface area contributed by atoms with E-state index in [-0.39, 0.29) is 18.0 Å². The van der Waals surface area contributed by atoms with E-state index < -0.39 is 27.9 Å². The lowest BCUT2D eigenvalue weighted by atomic mass is 9.99. The molecule has 0 radical (unpaired) electrons. The first-order chi connectivity index (χ1) is 20.8. The first-order valence-corrected chi connectivity index (χ1v) is 18.6. The van der Waals surface area contributed by atoms with Crippen LogP contribution in [0.4, 0.5) is 13.2 Å². The Balaban J connectivity index is 1.41. The Morgan fingerprint density at radius 1 is 1.00 bits per heavy atom. The summed E-state index contributed by atoms with van der Waals surface area (Å²) in [6.45, 7) is 10.2. The van der Waals surface area contributed by atoms with Crippen LogP contribution in [0.15, 0.2) is 23.1 Å². The second-order valence-corrected chi connectivity index (χ2v) is 16.1. The molecule has 0 unspecified atom stereocenters. The SMILES string of the molecule is CC1CCN(CCSc2cc(-c3nn(C[C@@H](O)CN4CCC(C)CC4)c4c3CN(S(C)(=O)=O)CC4)ccc2C(F)(F)F)CC1. The Morgan fingerprint density at radius 2 is 1.64 bits per heavy atom. The van der Waals surface area contributed by atoms with E-state index in [4.69, 9.17) is 5.10 Å². The van der Waals surface area contributed by atoms with Gasteiger partial charge in [-0.1, -0.05) is 19.9 Å². The standard InChI is InChI=1S/C31H46F3N5O3S2/c1-22-6-11-36(12-7-22)16-17-43-29-18-24(4-5-27(29)31(32,33)34)30-26-21-38(44(3,41)42)15-10-28(26)39(35-30)20-25(40)19-37-13-8-23(2)9-14-37/h4-5,18,22-23,25,40H,6-17,19-21H2,1-3H3/t25-/m0/s1. The quantitative estimate of drug-likeness (QED) is 0.368. The van der Waals surface area contributed by atoms with Crippen molar-refractivity contribution in [3.8, 4) is 11.3 Å². The van der Waals surface area contributed by atoms with Crippen LogP contribution in [0.1, 0.15) is 56.4 Å². The van der Waals surface area contributed by atoms with Gasteiger partial charge in [-0.15, -0.1) is 11.8 Å². The van der Waals surface area contributed by atoms with Gasteiger partial charge in [-0.05, 0) is 75.8 Å². The van der Waals surface area contributed by atoms with Crippen LogP contribution < -0.4 is 0 Å². The summed E-state index contributed by atoms with van der Waals surface area (Å²) < 4.78 is 70.3. The van der Waals surface area contributed by atoms with Crippen LogP contribution in [0.25, 0.3) is 11.3 Å². The number of alkyl halides is 3. The van der Waals surface area contributed by atoms with Crippen LogP contribution in [-0.2, 0) is 35.7 Å². The van der Waals surface area contributed by atoms with Gasteiger partial charge < -0.3 is 14.9 Å². The van der Waals surface area contributed by atoms with E-state index in [0.717, 1.165) is 70.2 Å². The Labute approximate surface area is 264 Å². The molecule has 3 aliphatic heterocycles. The molecule has 0 saturated carbocycles. The molecular formula is C31H46F3N5O3S2. The predicted octanol–water partition coefficient (Wildman–Crippen LogP) is 4.80. The van der Waals surface area contributed by atoms with Crippen molar-refractivity contribution in [3.63, 3.8) is 0 Å². The monoisotopic (exact) mass is 657 g/mol. The summed E-state index contributed by atoms with van der Waals surface area (Å²) in [4.78, 5) is 4.73. The largest absolute Gasteiger partial charge is 0.417 e. The Kier molecular flexibility index (Phi) is 10.7. The van der Waals surface area contributed by atoms with E-state index in [2.05, 4.69) is 23.6 Å². The minimum absolute atomic E-state index is 0.0977. The lowest BCUT2D eigenvalue weighted by Gasteiger charge is -2.32. The summed E-state index contributed by atoms with van der Waals surface area (Å²) in [5.41, 5.74) is 1.86. The zero-order chi connectivity index (χ0) is 31.6. The number of rotatable bonds is 10. The van der Waals surface area contributed by atoms with E-state index in [0.29, 0.717) is 53.9 Å². The van der Waals surface area contributed by atoms with E-state index in [1.807, 2.05) is 0 Å². The van der Waals surface area contributed by atoms with Gasteiger partial charge in [0.2, 0.25) is 10.0 Å². The second kappa shape index (κ2) is 14.0. The number of aliphatic hydroxyl groups is 1. The van der Waals surface area contributed by atoms with Crippen molar-refractivity contribution in [1.29, 1.82) is 0 Å². The Hall–Kier alpha value is -1.64. The van der Waals surface area contributed by atoms with Crippen LogP contribution in [-0.4, -0.2) is 101 Å². The molecule has 13 heteroatoms. The van der Waals surface area contributed by atoms with E-state index >= 15 is 0 Å². The molecule has 8 nitrogen and oxygen atoms in total. The number of hydrogen-bond donors (Lipinski definition) is 1. The molecule has 1 aromatic carbocycles. The molecule has 1 N–H and O–H groups in total. The fraction of sp³-hybridized carbons (Fsp3) is 0.710. The Bertz CT molecular complexity index is 1380. The van der Waals surface area contributed by atoms with Crippen LogP contribution in [0, 0.1) is 11.8 Å². The predicted molar refractivity (Wildman–Crippen MR) is 168 cm³/mol. The number of sulfonamides is 1. The molecule has 246 valence electrons. The molecule has 0 bridgehead atoms. The summed E-state index contributed by atoms with van der Waals surface area (Å²) >= 11 is 1.21. The highest BCUT2D eigenvalue weighted by atomic mass is 32.2. The van der Waals surface area contributed by atoms with Crippen LogP contribution in [0.3, 0.4) is 0 Å². The summed E-state index contributed by atoms with van der Waals surface area (Å²) in [7, 11) is -3.48. The highest BCUT2D eigenvalue weighted by molar-refractivity contribution is 7.99. The normalized spacial score (nSPS) is 21.1. The number of β-amino-alcohol motifs (C(OH)–C–C–N with tert-alkyl or cyclic N) is 1. The number of thioether (sulfide) groups is 1. The number of piperidine rings is 2. The smallest absolute Gasteiger partial charge is 0.390 e. The number of aromatic nitrogens is 2. The zero-order valence-electron chi connectivity index (χ0n) is 26.0. The average Bonchev–Trinajstić information content (AvgIpc) is 3.31. The molecule has 2 saturated heterocycles. The third kappa shape index (κ3) is 8.38. The molecule has 44 heavy (non-hydrogen) atoms. The summed E-state index contributed by atoms with van der Waals surface area (Å²) in [5, 5.41) is 15.9. The number of halogens is 3. The zero-order valence-corrected chi connectivity index (χ0v) is 27.7. The summed E-state index contributed by atoms with van der Waals surface area (Å²) in [5.74, 6) is 1.91. The number of benzene rings is 1. The minimum Gasteiger partial charge on any atom is -0.390 e. The number of nitrogens with zero attached hydrogens (tertiary/aromatic N) is 5. The van der Waals surface area contributed by atoms with Crippen molar-refractivity contribution in [3.05, 3.63) is 35.0 Å². The third-order valence-corrected chi connectivity index (χ3v) is 11.7. The average molecular weight is 658 g/mol. The van der Waals surface area contributed by atoms with Crippen molar-refractivity contribution in [2.45, 2.75) is 76.2 Å². The van der Waals surface area contributed by atoms with Crippen LogP contribution >= 0.6 is 11.8 Å². The molecule has 5 rings (SSSR count). The van der Waals surface area contributed by atoms with Gasteiger partial charge in [0.1, 0.15) is 0 Å². The topological polar surface area (TPSA) is 81.9 Å². The lowest BCUT2D eigenvalue weighted by Crippen LogP contribution is -2.40. The van der Waals surface area contributed by atoms with Gasteiger partial charge in [0.15, 0.2) is 0 Å². The molecule has 0 amide bonds. The maximum absolute atomic E-state index is 14.1. The Morgan fingerprint density at radius 3 is 2.25 bits per heavy atom.